The number of rotatable bonds is 7. The molecule has 152 valence electrons. The maximum absolute atomic E-state index is 12.6. The van der Waals surface area contributed by atoms with E-state index >= 15 is 0 Å². The summed E-state index contributed by atoms with van der Waals surface area (Å²) in [5, 5.41) is 13.3. The Morgan fingerprint density at radius 2 is 1.80 bits per heavy atom. The summed E-state index contributed by atoms with van der Waals surface area (Å²) in [5.74, 6) is -0.972. The molecule has 30 heavy (non-hydrogen) atoms. The van der Waals surface area contributed by atoms with Crippen molar-refractivity contribution in [1.82, 2.24) is 9.78 Å². The maximum Gasteiger partial charge on any atom is 0.338 e. The molecule has 1 heterocycles. The second-order valence-corrected chi connectivity index (χ2v) is 6.75. The second-order valence-electron chi connectivity index (χ2n) is 6.75. The number of carbonyl (C=O) groups excluding carboxylic acids is 2. The first-order chi connectivity index (χ1) is 14.5. The van der Waals surface area contributed by atoms with Crippen molar-refractivity contribution in [3.05, 3.63) is 77.6 Å². The third-order valence-corrected chi connectivity index (χ3v) is 4.50. The van der Waals surface area contributed by atoms with E-state index in [1.807, 2.05) is 32.0 Å². The summed E-state index contributed by atoms with van der Waals surface area (Å²) in [4.78, 5) is 26.4. The summed E-state index contributed by atoms with van der Waals surface area (Å²) in [7, 11) is 0. The van der Waals surface area contributed by atoms with Crippen LogP contribution in [0.2, 0.25) is 0 Å². The first-order valence-electron chi connectivity index (χ1n) is 9.53. The third-order valence-electron chi connectivity index (χ3n) is 4.50. The van der Waals surface area contributed by atoms with Crippen molar-refractivity contribution in [3.8, 4) is 11.8 Å². The van der Waals surface area contributed by atoms with E-state index in [-0.39, 0.29) is 18.9 Å². The molecule has 0 bridgehead atoms. The Bertz CT molecular complexity index is 1070. The number of amides is 1. The zero-order chi connectivity index (χ0) is 21.5. The van der Waals surface area contributed by atoms with Crippen molar-refractivity contribution >= 4 is 17.6 Å². The number of para-hydroxylation sites is 1. The fraction of sp³-hybridized carbons (Fsp3) is 0.217. The third kappa shape index (κ3) is 4.92. The number of nitrogens with zero attached hydrogens (tertiary/aromatic N) is 4. The number of ether oxygens (including phenoxy) is 1. The standard InChI is InChI=1S/C23H22N4O3/c1-17-15-18(2)27(25-17)21-11-9-19(10-12-21)23(29)30-16-22(28)26(14-6-13-24)20-7-4-3-5-8-20/h3-5,7-12,15H,6,14,16H2,1-2H3. The molecule has 3 aromatic rings. The Morgan fingerprint density at radius 3 is 2.40 bits per heavy atom. The molecule has 2 aromatic carbocycles. The van der Waals surface area contributed by atoms with E-state index in [1.165, 1.54) is 4.90 Å². The van der Waals surface area contributed by atoms with E-state index in [4.69, 9.17) is 10.00 Å². The Hall–Kier alpha value is -3.92. The van der Waals surface area contributed by atoms with Crippen LogP contribution in [0.25, 0.3) is 5.69 Å². The zero-order valence-electron chi connectivity index (χ0n) is 16.9. The van der Waals surface area contributed by atoms with Crippen LogP contribution in [-0.4, -0.2) is 34.8 Å². The molecule has 0 radical (unpaired) electrons. The fourth-order valence-electron chi connectivity index (χ4n) is 3.09. The van der Waals surface area contributed by atoms with Gasteiger partial charge in [0.15, 0.2) is 6.61 Å². The van der Waals surface area contributed by atoms with Gasteiger partial charge >= 0.3 is 5.97 Å². The topological polar surface area (TPSA) is 88.2 Å². The van der Waals surface area contributed by atoms with Gasteiger partial charge in [-0.05, 0) is 56.3 Å². The first-order valence-corrected chi connectivity index (χ1v) is 9.53. The molecule has 0 aliphatic rings. The van der Waals surface area contributed by atoms with Gasteiger partial charge in [0, 0.05) is 17.9 Å². The van der Waals surface area contributed by atoms with Crippen LogP contribution in [-0.2, 0) is 9.53 Å². The Balaban J connectivity index is 1.64. The van der Waals surface area contributed by atoms with Crippen molar-refractivity contribution in [2.24, 2.45) is 0 Å². The summed E-state index contributed by atoms with van der Waals surface area (Å²) in [5.41, 5.74) is 3.74. The predicted molar refractivity (Wildman–Crippen MR) is 112 cm³/mol. The monoisotopic (exact) mass is 402 g/mol. The van der Waals surface area contributed by atoms with Gasteiger partial charge < -0.3 is 9.64 Å². The molecule has 1 aromatic heterocycles. The van der Waals surface area contributed by atoms with E-state index in [0.717, 1.165) is 17.1 Å². The van der Waals surface area contributed by atoms with Gasteiger partial charge in [0.1, 0.15) is 0 Å². The average molecular weight is 402 g/mol. The minimum absolute atomic E-state index is 0.183. The average Bonchev–Trinajstić information content (AvgIpc) is 3.11. The van der Waals surface area contributed by atoms with Gasteiger partial charge in [-0.15, -0.1) is 0 Å². The largest absolute Gasteiger partial charge is 0.452 e. The molecule has 0 aliphatic heterocycles. The van der Waals surface area contributed by atoms with E-state index in [1.54, 1.807) is 53.2 Å². The molecule has 0 aliphatic carbocycles. The molecule has 0 saturated carbocycles. The van der Waals surface area contributed by atoms with E-state index in [9.17, 15) is 9.59 Å². The maximum atomic E-state index is 12.6. The number of anilines is 1. The molecule has 7 heteroatoms. The SMILES string of the molecule is Cc1cc(C)n(-c2ccc(C(=O)OCC(=O)N(CCC#N)c3ccccc3)cc2)n1. The first kappa shape index (κ1) is 20.8. The number of hydrogen-bond donors (Lipinski definition) is 0. The quantitative estimate of drug-likeness (QED) is 0.564. The molecule has 0 unspecified atom stereocenters. The van der Waals surface area contributed by atoms with Gasteiger partial charge in [-0.25, -0.2) is 9.48 Å². The lowest BCUT2D eigenvalue weighted by atomic mass is 10.2. The summed E-state index contributed by atoms with van der Waals surface area (Å²) in [6, 6.07) is 19.8. The number of hydrogen-bond acceptors (Lipinski definition) is 5. The molecule has 0 fully saturated rings. The van der Waals surface area contributed by atoms with Gasteiger partial charge in [0.05, 0.1) is 29.4 Å². The van der Waals surface area contributed by atoms with Gasteiger partial charge in [-0.1, -0.05) is 18.2 Å². The number of esters is 1. The number of aromatic nitrogens is 2. The highest BCUT2D eigenvalue weighted by atomic mass is 16.5. The van der Waals surface area contributed by atoms with Gasteiger partial charge in [0.2, 0.25) is 0 Å². The minimum atomic E-state index is -0.587. The second kappa shape index (κ2) is 9.52. The van der Waals surface area contributed by atoms with Crippen LogP contribution in [0.3, 0.4) is 0 Å². The number of benzene rings is 2. The summed E-state index contributed by atoms with van der Waals surface area (Å²) in [6.07, 6.45) is 0.183. The summed E-state index contributed by atoms with van der Waals surface area (Å²) < 4.78 is 7.00. The molecular weight excluding hydrogens is 380 g/mol. The Kier molecular flexibility index (Phi) is 6.60. The van der Waals surface area contributed by atoms with Crippen LogP contribution in [0.5, 0.6) is 0 Å². The highest BCUT2D eigenvalue weighted by Gasteiger charge is 2.18. The van der Waals surface area contributed by atoms with Gasteiger partial charge in [-0.3, -0.25) is 4.79 Å². The minimum Gasteiger partial charge on any atom is -0.452 e. The smallest absolute Gasteiger partial charge is 0.338 e. The number of carbonyl (C=O) groups is 2. The van der Waals surface area contributed by atoms with Crippen molar-refractivity contribution < 1.29 is 14.3 Å². The van der Waals surface area contributed by atoms with Crippen molar-refractivity contribution in [1.29, 1.82) is 5.26 Å². The van der Waals surface area contributed by atoms with Crippen LogP contribution < -0.4 is 4.90 Å². The molecule has 0 atom stereocenters. The molecule has 0 saturated heterocycles. The molecule has 7 nitrogen and oxygen atoms in total. The van der Waals surface area contributed by atoms with Crippen LogP contribution in [0.15, 0.2) is 60.7 Å². The summed E-state index contributed by atoms with van der Waals surface area (Å²) >= 11 is 0. The van der Waals surface area contributed by atoms with Crippen molar-refractivity contribution in [2.75, 3.05) is 18.1 Å². The lowest BCUT2D eigenvalue weighted by Crippen LogP contribution is -2.35. The molecular formula is C23H22N4O3. The fourth-order valence-corrected chi connectivity index (χ4v) is 3.09. The van der Waals surface area contributed by atoms with Crippen molar-refractivity contribution in [3.63, 3.8) is 0 Å². The number of aryl methyl sites for hydroxylation is 2. The van der Waals surface area contributed by atoms with Crippen LogP contribution in [0.4, 0.5) is 5.69 Å². The number of nitriles is 1. The summed E-state index contributed by atoms with van der Waals surface area (Å²) in [6.45, 7) is 3.70. The predicted octanol–water partition coefficient (Wildman–Crippen LogP) is 3.59. The van der Waals surface area contributed by atoms with Crippen LogP contribution >= 0.6 is 0 Å². The molecule has 1 amide bonds. The van der Waals surface area contributed by atoms with Gasteiger partial charge in [0.25, 0.3) is 5.91 Å². The highest BCUT2D eigenvalue weighted by molar-refractivity contribution is 5.97. The lowest BCUT2D eigenvalue weighted by Gasteiger charge is -2.21. The van der Waals surface area contributed by atoms with Gasteiger partial charge in [-0.2, -0.15) is 10.4 Å². The van der Waals surface area contributed by atoms with E-state index in [2.05, 4.69) is 5.10 Å². The Labute approximate surface area is 175 Å². The molecule has 3 rings (SSSR count). The normalized spacial score (nSPS) is 10.3. The molecule has 0 spiro atoms. The Morgan fingerprint density at radius 1 is 1.10 bits per heavy atom. The van der Waals surface area contributed by atoms with Crippen LogP contribution in [0.1, 0.15) is 28.2 Å². The zero-order valence-corrected chi connectivity index (χ0v) is 16.9. The van der Waals surface area contributed by atoms with E-state index < -0.39 is 12.6 Å². The molecule has 0 N–H and O–H groups in total. The van der Waals surface area contributed by atoms with Crippen molar-refractivity contribution in [2.45, 2.75) is 20.3 Å². The van der Waals surface area contributed by atoms with Crippen LogP contribution in [0, 0.1) is 25.2 Å². The van der Waals surface area contributed by atoms with E-state index in [0.29, 0.717) is 11.3 Å². The lowest BCUT2D eigenvalue weighted by molar-refractivity contribution is -0.121. The highest BCUT2D eigenvalue weighted by Crippen LogP contribution is 2.16.